The van der Waals surface area contributed by atoms with Crippen LogP contribution in [0.15, 0.2) is 59.1 Å². The summed E-state index contributed by atoms with van der Waals surface area (Å²) in [4.78, 5) is 26.0. The Morgan fingerprint density at radius 2 is 1.59 bits per heavy atom. The molecule has 0 N–H and O–H groups in total. The average molecular weight is 362 g/mol. The first kappa shape index (κ1) is 16.2. The minimum atomic E-state index is -0.952. The topological polar surface area (TPSA) is 46.6 Å². The zero-order chi connectivity index (χ0) is 16.1. The largest absolute Gasteiger partial charge is 0.444 e. The number of ether oxygens (including phenoxy) is 1. The van der Waals surface area contributed by atoms with E-state index >= 15 is 0 Å². The van der Waals surface area contributed by atoms with E-state index in [4.69, 9.17) is 4.74 Å². The molecule has 0 radical (unpaired) electrons. The van der Waals surface area contributed by atoms with Crippen LogP contribution in [0.25, 0.3) is 0 Å². The van der Waals surface area contributed by atoms with Gasteiger partial charge in [0.05, 0.1) is 5.56 Å². The Labute approximate surface area is 137 Å². The lowest BCUT2D eigenvalue weighted by atomic mass is 10.1. The number of hydrogen-bond donors (Lipinski definition) is 0. The Morgan fingerprint density at radius 1 is 1.00 bits per heavy atom. The van der Waals surface area contributed by atoms with Gasteiger partial charge in [-0.1, -0.05) is 46.3 Å². The monoisotopic (exact) mass is 361 g/mol. The van der Waals surface area contributed by atoms with Crippen molar-refractivity contribution in [3.63, 3.8) is 0 Å². The van der Waals surface area contributed by atoms with Gasteiger partial charge in [-0.05, 0) is 24.3 Å². The molecule has 2 aromatic rings. The second-order valence-electron chi connectivity index (χ2n) is 4.94. The van der Waals surface area contributed by atoms with E-state index in [-0.39, 0.29) is 5.91 Å². The van der Waals surface area contributed by atoms with Crippen molar-refractivity contribution in [1.82, 2.24) is 4.90 Å². The Kier molecular flexibility index (Phi) is 5.33. The van der Waals surface area contributed by atoms with Gasteiger partial charge in [0.15, 0.2) is 0 Å². The summed E-state index contributed by atoms with van der Waals surface area (Å²) in [5.74, 6) is -0.812. The second-order valence-corrected chi connectivity index (χ2v) is 5.85. The molecule has 0 aliphatic rings. The van der Waals surface area contributed by atoms with Crippen molar-refractivity contribution in [2.24, 2.45) is 0 Å². The summed E-state index contributed by atoms with van der Waals surface area (Å²) in [6.07, 6.45) is -0.952. The van der Waals surface area contributed by atoms with Crippen LogP contribution in [-0.2, 0) is 9.53 Å². The van der Waals surface area contributed by atoms with E-state index in [9.17, 15) is 9.59 Å². The van der Waals surface area contributed by atoms with Crippen molar-refractivity contribution >= 4 is 27.8 Å². The van der Waals surface area contributed by atoms with Crippen LogP contribution in [0, 0.1) is 0 Å². The van der Waals surface area contributed by atoms with Crippen LogP contribution >= 0.6 is 15.9 Å². The van der Waals surface area contributed by atoms with Gasteiger partial charge >= 0.3 is 5.97 Å². The van der Waals surface area contributed by atoms with Crippen molar-refractivity contribution in [2.45, 2.75) is 6.10 Å². The molecule has 2 aromatic carbocycles. The van der Waals surface area contributed by atoms with E-state index in [1.54, 1.807) is 62.6 Å². The smallest absolute Gasteiger partial charge is 0.339 e. The van der Waals surface area contributed by atoms with Gasteiger partial charge in [0.1, 0.15) is 0 Å². The third kappa shape index (κ3) is 3.95. The molecule has 22 heavy (non-hydrogen) atoms. The number of carbonyl (C=O) groups excluding carboxylic acids is 2. The first-order valence-corrected chi connectivity index (χ1v) is 7.51. The van der Waals surface area contributed by atoms with Crippen LogP contribution in [0.2, 0.25) is 0 Å². The van der Waals surface area contributed by atoms with E-state index in [1.807, 2.05) is 6.07 Å². The summed E-state index contributed by atoms with van der Waals surface area (Å²) in [6, 6.07) is 15.8. The molecule has 0 spiro atoms. The van der Waals surface area contributed by atoms with E-state index in [2.05, 4.69) is 15.9 Å². The van der Waals surface area contributed by atoms with E-state index in [0.717, 1.165) is 4.47 Å². The van der Waals surface area contributed by atoms with Gasteiger partial charge in [0.2, 0.25) is 6.10 Å². The summed E-state index contributed by atoms with van der Waals surface area (Å²) in [6.45, 7) is 0. The molecule has 2 rings (SSSR count). The molecule has 4 nitrogen and oxygen atoms in total. The van der Waals surface area contributed by atoms with Crippen molar-refractivity contribution in [2.75, 3.05) is 14.1 Å². The average Bonchev–Trinajstić information content (AvgIpc) is 2.53. The van der Waals surface area contributed by atoms with E-state index < -0.39 is 12.1 Å². The van der Waals surface area contributed by atoms with Gasteiger partial charge in [-0.3, -0.25) is 4.79 Å². The molecule has 0 saturated heterocycles. The van der Waals surface area contributed by atoms with Gasteiger partial charge < -0.3 is 9.64 Å². The molecule has 1 atom stereocenters. The van der Waals surface area contributed by atoms with Crippen LogP contribution < -0.4 is 0 Å². The third-order valence-corrected chi connectivity index (χ3v) is 3.60. The zero-order valence-electron chi connectivity index (χ0n) is 12.3. The first-order valence-electron chi connectivity index (χ1n) is 6.71. The molecule has 0 heterocycles. The lowest BCUT2D eigenvalue weighted by Crippen LogP contribution is -2.31. The maximum Gasteiger partial charge on any atom is 0.339 e. The predicted molar refractivity (Wildman–Crippen MR) is 87.4 cm³/mol. The fraction of sp³-hybridized carbons (Fsp3) is 0.176. The fourth-order valence-corrected chi connectivity index (χ4v) is 2.15. The minimum absolute atomic E-state index is 0.281. The lowest BCUT2D eigenvalue weighted by Gasteiger charge is -2.21. The molecule has 0 bridgehead atoms. The first-order chi connectivity index (χ1) is 10.5. The van der Waals surface area contributed by atoms with Gasteiger partial charge in [-0.2, -0.15) is 0 Å². The van der Waals surface area contributed by atoms with Crippen molar-refractivity contribution in [1.29, 1.82) is 0 Å². The zero-order valence-corrected chi connectivity index (χ0v) is 13.9. The standard InChI is InChI=1S/C17H16BrNO3/c1-19(2)16(20)15(12-6-4-3-5-7-12)22-17(21)13-8-10-14(18)11-9-13/h3-11,15H,1-2H3/t15-/m0/s1. The van der Waals surface area contributed by atoms with Crippen LogP contribution in [0.3, 0.4) is 0 Å². The van der Waals surface area contributed by atoms with Gasteiger partial charge in [-0.15, -0.1) is 0 Å². The summed E-state index contributed by atoms with van der Waals surface area (Å²) in [7, 11) is 3.26. The number of rotatable bonds is 4. The fourth-order valence-electron chi connectivity index (χ4n) is 1.88. The Balaban J connectivity index is 2.25. The van der Waals surface area contributed by atoms with Crippen LogP contribution in [0.5, 0.6) is 0 Å². The number of likely N-dealkylation sites (N-methyl/N-ethyl adjacent to an activating group) is 1. The normalized spacial score (nSPS) is 11.6. The molecule has 0 saturated carbocycles. The van der Waals surface area contributed by atoms with Crippen molar-refractivity contribution in [3.05, 3.63) is 70.2 Å². The number of hydrogen-bond acceptors (Lipinski definition) is 3. The second kappa shape index (κ2) is 7.22. The number of halogens is 1. The van der Waals surface area contributed by atoms with Crippen LogP contribution in [0.4, 0.5) is 0 Å². The molecule has 5 heteroatoms. The molecule has 0 aromatic heterocycles. The highest BCUT2D eigenvalue weighted by molar-refractivity contribution is 9.10. The maximum atomic E-state index is 12.3. The summed E-state index contributed by atoms with van der Waals surface area (Å²) >= 11 is 3.31. The highest BCUT2D eigenvalue weighted by Gasteiger charge is 2.26. The number of amides is 1. The molecule has 0 fully saturated rings. The van der Waals surface area contributed by atoms with Gasteiger partial charge in [-0.25, -0.2) is 4.79 Å². The van der Waals surface area contributed by atoms with Crippen LogP contribution in [0.1, 0.15) is 22.0 Å². The Morgan fingerprint density at radius 3 is 2.14 bits per heavy atom. The highest BCUT2D eigenvalue weighted by Crippen LogP contribution is 2.21. The molecular formula is C17H16BrNO3. The van der Waals surface area contributed by atoms with Crippen LogP contribution in [-0.4, -0.2) is 30.9 Å². The summed E-state index contributed by atoms with van der Waals surface area (Å²) in [5.41, 5.74) is 1.04. The predicted octanol–water partition coefficient (Wildman–Crippen LogP) is 3.44. The van der Waals surface area contributed by atoms with E-state index in [0.29, 0.717) is 11.1 Å². The molecule has 0 aliphatic carbocycles. The van der Waals surface area contributed by atoms with Crippen molar-refractivity contribution in [3.8, 4) is 0 Å². The Bertz CT molecular complexity index is 653. The molecule has 0 unspecified atom stereocenters. The number of nitrogens with zero attached hydrogens (tertiary/aromatic N) is 1. The quantitative estimate of drug-likeness (QED) is 0.783. The Hall–Kier alpha value is -2.14. The van der Waals surface area contributed by atoms with E-state index in [1.165, 1.54) is 4.90 Å². The molecule has 0 aliphatic heterocycles. The van der Waals surface area contributed by atoms with Crippen molar-refractivity contribution < 1.29 is 14.3 Å². The molecular weight excluding hydrogens is 346 g/mol. The SMILES string of the molecule is CN(C)C(=O)[C@@H](OC(=O)c1ccc(Br)cc1)c1ccccc1. The summed E-state index contributed by atoms with van der Waals surface area (Å²) in [5, 5.41) is 0. The maximum absolute atomic E-state index is 12.3. The van der Waals surface area contributed by atoms with Gasteiger partial charge in [0, 0.05) is 24.1 Å². The lowest BCUT2D eigenvalue weighted by molar-refractivity contribution is -0.138. The number of esters is 1. The molecule has 1 amide bonds. The number of benzene rings is 2. The number of carbonyl (C=O) groups is 2. The molecule has 114 valence electrons. The van der Waals surface area contributed by atoms with Gasteiger partial charge in [0.25, 0.3) is 5.91 Å². The summed E-state index contributed by atoms with van der Waals surface area (Å²) < 4.78 is 6.31. The minimum Gasteiger partial charge on any atom is -0.444 e. The third-order valence-electron chi connectivity index (χ3n) is 3.07. The highest BCUT2D eigenvalue weighted by atomic mass is 79.9.